The molecule has 1 fully saturated rings. The van der Waals surface area contributed by atoms with Gasteiger partial charge in [-0.15, -0.1) is 0 Å². The molecule has 2 rings (SSSR count). The third kappa shape index (κ3) is 3.30. The lowest BCUT2D eigenvalue weighted by Gasteiger charge is -2.30. The van der Waals surface area contributed by atoms with Crippen molar-refractivity contribution in [1.82, 2.24) is 9.62 Å². The minimum atomic E-state index is -3.41. The number of hydrogen-bond donors (Lipinski definition) is 1. The number of nitrogens with zero attached hydrogens (tertiary/aromatic N) is 1. The molecule has 1 saturated heterocycles. The summed E-state index contributed by atoms with van der Waals surface area (Å²) in [6.45, 7) is 9.57. The van der Waals surface area contributed by atoms with Gasteiger partial charge in [0, 0.05) is 18.1 Å². The second-order valence-electron chi connectivity index (χ2n) is 6.35. The normalized spacial score (nSPS) is 20.6. The average molecular weight is 310 g/mol. The maximum absolute atomic E-state index is 12.9. The Labute approximate surface area is 128 Å². The number of rotatable bonds is 5. The van der Waals surface area contributed by atoms with Gasteiger partial charge in [0.15, 0.2) is 0 Å². The molecule has 0 amide bonds. The molecule has 0 saturated carbocycles. The van der Waals surface area contributed by atoms with Crippen LogP contribution in [-0.4, -0.2) is 31.4 Å². The molecule has 21 heavy (non-hydrogen) atoms. The molecule has 4 nitrogen and oxygen atoms in total. The van der Waals surface area contributed by atoms with Gasteiger partial charge < -0.3 is 5.32 Å². The minimum absolute atomic E-state index is 0.150. The van der Waals surface area contributed by atoms with E-state index in [1.807, 2.05) is 32.9 Å². The van der Waals surface area contributed by atoms with Crippen molar-refractivity contribution < 1.29 is 8.42 Å². The van der Waals surface area contributed by atoms with E-state index < -0.39 is 10.0 Å². The Morgan fingerprint density at radius 2 is 2.10 bits per heavy atom. The summed E-state index contributed by atoms with van der Waals surface area (Å²) in [6, 6.07) is 7.46. The molecule has 1 aromatic rings. The molecule has 0 radical (unpaired) electrons. The van der Waals surface area contributed by atoms with Gasteiger partial charge in [0.1, 0.15) is 0 Å². The zero-order valence-corrected chi connectivity index (χ0v) is 14.2. The summed E-state index contributed by atoms with van der Waals surface area (Å²) >= 11 is 0. The van der Waals surface area contributed by atoms with Crippen molar-refractivity contribution in [3.05, 3.63) is 29.8 Å². The van der Waals surface area contributed by atoms with E-state index in [1.54, 1.807) is 16.4 Å². The van der Waals surface area contributed by atoms with Crippen LogP contribution in [0.5, 0.6) is 0 Å². The summed E-state index contributed by atoms with van der Waals surface area (Å²) in [6.07, 6.45) is 1.85. The standard InChI is InChI=1S/C16H26N2O2S/c1-5-17-13(2)14-8-6-9-15(12-14)21(19,20)18-11-7-10-16(18,3)4/h6,8-9,12-13,17H,5,7,10-11H2,1-4H3. The zero-order chi connectivity index (χ0) is 15.7. The van der Waals surface area contributed by atoms with Crippen molar-refractivity contribution in [2.75, 3.05) is 13.1 Å². The fraction of sp³-hybridized carbons (Fsp3) is 0.625. The molecule has 1 unspecified atom stereocenters. The first-order valence-electron chi connectivity index (χ1n) is 7.65. The molecule has 1 aromatic carbocycles. The van der Waals surface area contributed by atoms with E-state index in [2.05, 4.69) is 12.2 Å². The third-order valence-electron chi connectivity index (χ3n) is 4.28. The maximum atomic E-state index is 12.9. The van der Waals surface area contributed by atoms with Gasteiger partial charge in [-0.1, -0.05) is 19.1 Å². The fourth-order valence-corrected chi connectivity index (χ4v) is 4.93. The fourth-order valence-electron chi connectivity index (χ4n) is 3.02. The Balaban J connectivity index is 2.35. The van der Waals surface area contributed by atoms with Gasteiger partial charge in [-0.25, -0.2) is 8.42 Å². The summed E-state index contributed by atoms with van der Waals surface area (Å²) in [5, 5.41) is 3.32. The van der Waals surface area contributed by atoms with Crippen molar-refractivity contribution in [3.8, 4) is 0 Å². The van der Waals surface area contributed by atoms with Gasteiger partial charge in [0.05, 0.1) is 4.90 Å². The molecule has 118 valence electrons. The van der Waals surface area contributed by atoms with Crippen LogP contribution < -0.4 is 5.32 Å². The van der Waals surface area contributed by atoms with Crippen LogP contribution in [0, 0.1) is 0 Å². The molecule has 0 aromatic heterocycles. The minimum Gasteiger partial charge on any atom is -0.310 e. The molecule has 0 aliphatic carbocycles. The largest absolute Gasteiger partial charge is 0.310 e. The van der Waals surface area contributed by atoms with Gasteiger partial charge in [0.2, 0.25) is 10.0 Å². The molecular weight excluding hydrogens is 284 g/mol. The zero-order valence-electron chi connectivity index (χ0n) is 13.4. The Morgan fingerprint density at radius 3 is 2.67 bits per heavy atom. The molecule has 1 N–H and O–H groups in total. The van der Waals surface area contributed by atoms with Crippen molar-refractivity contribution in [2.24, 2.45) is 0 Å². The van der Waals surface area contributed by atoms with Crippen LogP contribution in [0.3, 0.4) is 0 Å². The highest BCUT2D eigenvalue weighted by atomic mass is 32.2. The van der Waals surface area contributed by atoms with E-state index in [1.165, 1.54) is 0 Å². The molecule has 1 atom stereocenters. The number of sulfonamides is 1. The first-order valence-corrected chi connectivity index (χ1v) is 9.09. The lowest BCUT2D eigenvalue weighted by molar-refractivity contribution is 0.291. The van der Waals surface area contributed by atoms with E-state index in [9.17, 15) is 8.42 Å². The first-order chi connectivity index (χ1) is 9.79. The number of hydrogen-bond acceptors (Lipinski definition) is 3. The van der Waals surface area contributed by atoms with Gasteiger partial charge in [-0.3, -0.25) is 0 Å². The summed E-state index contributed by atoms with van der Waals surface area (Å²) in [5.74, 6) is 0. The van der Waals surface area contributed by atoms with E-state index >= 15 is 0 Å². The van der Waals surface area contributed by atoms with Crippen molar-refractivity contribution in [2.45, 2.75) is 57.0 Å². The predicted molar refractivity (Wildman–Crippen MR) is 85.7 cm³/mol. The second-order valence-corrected chi connectivity index (χ2v) is 8.21. The summed E-state index contributed by atoms with van der Waals surface area (Å²) in [4.78, 5) is 0.403. The highest BCUT2D eigenvalue weighted by Gasteiger charge is 2.40. The van der Waals surface area contributed by atoms with Crippen LogP contribution in [0.25, 0.3) is 0 Å². The van der Waals surface area contributed by atoms with Gasteiger partial charge in [-0.05, 0) is 57.9 Å². The molecule has 1 aliphatic heterocycles. The van der Waals surface area contributed by atoms with Crippen LogP contribution in [0.15, 0.2) is 29.2 Å². The summed E-state index contributed by atoms with van der Waals surface area (Å²) in [7, 11) is -3.41. The van der Waals surface area contributed by atoms with Gasteiger partial charge in [0.25, 0.3) is 0 Å². The van der Waals surface area contributed by atoms with Gasteiger partial charge >= 0.3 is 0 Å². The smallest absolute Gasteiger partial charge is 0.243 e. The Morgan fingerprint density at radius 1 is 1.38 bits per heavy atom. The van der Waals surface area contributed by atoms with E-state index in [4.69, 9.17) is 0 Å². The Kier molecular flexibility index (Phi) is 4.76. The Hall–Kier alpha value is -0.910. The molecule has 1 aliphatic rings. The Bertz CT molecular complexity index is 596. The highest BCUT2D eigenvalue weighted by molar-refractivity contribution is 7.89. The second kappa shape index (κ2) is 6.07. The summed E-state index contributed by atoms with van der Waals surface area (Å²) in [5.41, 5.74) is 0.720. The lowest BCUT2D eigenvalue weighted by Crippen LogP contribution is -2.42. The highest BCUT2D eigenvalue weighted by Crippen LogP contribution is 2.34. The first kappa shape index (κ1) is 16.5. The number of benzene rings is 1. The lowest BCUT2D eigenvalue weighted by atomic mass is 10.0. The molecule has 0 bridgehead atoms. The van der Waals surface area contributed by atoms with Crippen molar-refractivity contribution in [1.29, 1.82) is 0 Å². The topological polar surface area (TPSA) is 49.4 Å². The molecule has 1 heterocycles. The van der Waals surface area contributed by atoms with E-state index in [0.29, 0.717) is 11.4 Å². The quantitative estimate of drug-likeness (QED) is 0.909. The third-order valence-corrected chi connectivity index (χ3v) is 6.39. The van der Waals surface area contributed by atoms with Crippen LogP contribution >= 0.6 is 0 Å². The molecule has 0 spiro atoms. The van der Waals surface area contributed by atoms with Crippen LogP contribution in [0.2, 0.25) is 0 Å². The maximum Gasteiger partial charge on any atom is 0.243 e. The van der Waals surface area contributed by atoms with Crippen LogP contribution in [0.4, 0.5) is 0 Å². The van der Waals surface area contributed by atoms with Crippen LogP contribution in [0.1, 0.15) is 52.1 Å². The van der Waals surface area contributed by atoms with Crippen molar-refractivity contribution >= 4 is 10.0 Å². The predicted octanol–water partition coefficient (Wildman–Crippen LogP) is 2.92. The average Bonchev–Trinajstić information content (AvgIpc) is 2.79. The molecule has 5 heteroatoms. The van der Waals surface area contributed by atoms with E-state index in [0.717, 1.165) is 24.9 Å². The SMILES string of the molecule is CCNC(C)c1cccc(S(=O)(=O)N2CCCC2(C)C)c1. The van der Waals surface area contributed by atoms with E-state index in [-0.39, 0.29) is 11.6 Å². The molecular formula is C16H26N2O2S. The summed E-state index contributed by atoms with van der Waals surface area (Å²) < 4.78 is 27.4. The van der Waals surface area contributed by atoms with Crippen molar-refractivity contribution in [3.63, 3.8) is 0 Å². The van der Waals surface area contributed by atoms with Gasteiger partial charge in [-0.2, -0.15) is 4.31 Å². The monoisotopic (exact) mass is 310 g/mol. The van der Waals surface area contributed by atoms with Crippen LogP contribution in [-0.2, 0) is 10.0 Å². The number of nitrogens with one attached hydrogen (secondary N) is 1.